The largest absolute Gasteiger partial charge is 0.207 e. The van der Waals surface area contributed by atoms with Crippen molar-refractivity contribution in [2.24, 2.45) is 29.6 Å². The van der Waals surface area contributed by atoms with Crippen molar-refractivity contribution in [1.82, 2.24) is 0 Å². The third-order valence-corrected chi connectivity index (χ3v) is 10.1. The van der Waals surface area contributed by atoms with Crippen LogP contribution in [-0.4, -0.2) is 0 Å². The molecule has 0 nitrogen and oxygen atoms in total. The summed E-state index contributed by atoms with van der Waals surface area (Å²) in [6.07, 6.45) is 24.5. The molecule has 186 valence electrons. The number of hydrogen-bond donors (Lipinski definition) is 0. The molecule has 0 heterocycles. The van der Waals surface area contributed by atoms with E-state index in [0.29, 0.717) is 5.92 Å². The molecular weight excluding hydrogens is 403 g/mol. The first-order valence-electron chi connectivity index (χ1n) is 14.9. The molecule has 0 unspecified atom stereocenters. The van der Waals surface area contributed by atoms with Gasteiger partial charge in [-0.05, 0) is 117 Å². The van der Waals surface area contributed by atoms with E-state index in [-0.39, 0.29) is 5.82 Å². The molecule has 0 atom stereocenters. The van der Waals surface area contributed by atoms with Gasteiger partial charge in [0.15, 0.2) is 0 Å². The predicted molar refractivity (Wildman–Crippen MR) is 140 cm³/mol. The lowest BCUT2D eigenvalue weighted by Crippen LogP contribution is -2.26. The van der Waals surface area contributed by atoms with Crippen molar-refractivity contribution in [3.05, 3.63) is 35.1 Å². The lowest BCUT2D eigenvalue weighted by Gasteiger charge is -2.38. The van der Waals surface area contributed by atoms with E-state index in [1.807, 2.05) is 6.07 Å². The maximum absolute atomic E-state index is 14.9. The lowest BCUT2D eigenvalue weighted by molar-refractivity contribution is 0.141. The van der Waals surface area contributed by atoms with E-state index in [1.54, 1.807) is 0 Å². The molecule has 3 aliphatic rings. The zero-order valence-electron chi connectivity index (χ0n) is 21.8. The Morgan fingerprint density at radius 3 is 1.61 bits per heavy atom. The van der Waals surface area contributed by atoms with E-state index in [4.69, 9.17) is 0 Å². The van der Waals surface area contributed by atoms with Crippen LogP contribution in [0.2, 0.25) is 0 Å². The van der Waals surface area contributed by atoms with Gasteiger partial charge < -0.3 is 0 Å². The Morgan fingerprint density at radius 1 is 0.636 bits per heavy atom. The second kappa shape index (κ2) is 12.7. The van der Waals surface area contributed by atoms with Crippen LogP contribution >= 0.6 is 0 Å². The average molecular weight is 455 g/mol. The molecule has 0 amide bonds. The van der Waals surface area contributed by atoms with Gasteiger partial charge in [0.25, 0.3) is 0 Å². The number of benzene rings is 1. The molecule has 3 fully saturated rings. The van der Waals surface area contributed by atoms with Crippen LogP contribution in [0.3, 0.4) is 0 Å². The van der Waals surface area contributed by atoms with Gasteiger partial charge in [-0.15, -0.1) is 0 Å². The van der Waals surface area contributed by atoms with E-state index in [2.05, 4.69) is 26.0 Å². The second-order valence-electron chi connectivity index (χ2n) is 12.2. The molecule has 1 aromatic rings. The molecule has 0 aliphatic heterocycles. The van der Waals surface area contributed by atoms with Crippen LogP contribution in [0.1, 0.15) is 140 Å². The molecule has 0 aromatic heterocycles. The van der Waals surface area contributed by atoms with E-state index < -0.39 is 0 Å². The second-order valence-corrected chi connectivity index (χ2v) is 12.2. The van der Waals surface area contributed by atoms with E-state index >= 15 is 0 Å². The molecule has 0 radical (unpaired) electrons. The van der Waals surface area contributed by atoms with Gasteiger partial charge in [-0.2, -0.15) is 0 Å². The minimum absolute atomic E-state index is 0.0701. The van der Waals surface area contributed by atoms with Crippen LogP contribution in [0, 0.1) is 35.4 Å². The standard InChI is InChI=1S/C32H51F/c1-3-5-24-7-14-27(15-8-24)28-16-11-26(12-17-28)13-20-30-21-22-31(23-32(30)33)29-18-9-25(6-4-2)10-19-29/h21-29H,3-20H2,1-2H3/t24-,25-,26?,27-,28?,29-. The lowest BCUT2D eigenvalue weighted by atomic mass is 9.68. The van der Waals surface area contributed by atoms with Crippen LogP contribution in [-0.2, 0) is 6.42 Å². The minimum Gasteiger partial charge on any atom is -0.207 e. The minimum atomic E-state index is 0.0701. The van der Waals surface area contributed by atoms with Crippen LogP contribution in [0.5, 0.6) is 0 Å². The summed E-state index contributed by atoms with van der Waals surface area (Å²) in [7, 11) is 0. The normalized spacial score (nSPS) is 33.2. The quantitative estimate of drug-likeness (QED) is 0.348. The first-order chi connectivity index (χ1) is 16.2. The van der Waals surface area contributed by atoms with Crippen molar-refractivity contribution < 1.29 is 4.39 Å². The fourth-order valence-electron chi connectivity index (χ4n) is 7.88. The fraction of sp³-hybridized carbons (Fsp3) is 0.812. The Hall–Kier alpha value is -0.850. The Bertz CT molecular complexity index is 684. The van der Waals surface area contributed by atoms with Crippen LogP contribution in [0.15, 0.2) is 18.2 Å². The van der Waals surface area contributed by atoms with E-state index in [0.717, 1.165) is 41.6 Å². The number of rotatable bonds is 9. The summed E-state index contributed by atoms with van der Waals surface area (Å²) in [6.45, 7) is 4.64. The highest BCUT2D eigenvalue weighted by Gasteiger charge is 2.30. The van der Waals surface area contributed by atoms with Gasteiger partial charge in [-0.3, -0.25) is 0 Å². The molecular formula is C32H51F. The van der Waals surface area contributed by atoms with Gasteiger partial charge in [0.2, 0.25) is 0 Å². The summed E-state index contributed by atoms with van der Waals surface area (Å²) < 4.78 is 14.9. The number of aryl methyl sites for hydroxylation is 1. The molecule has 0 saturated heterocycles. The van der Waals surface area contributed by atoms with E-state index in [1.165, 1.54) is 115 Å². The van der Waals surface area contributed by atoms with Crippen molar-refractivity contribution in [2.75, 3.05) is 0 Å². The van der Waals surface area contributed by atoms with Crippen molar-refractivity contribution in [3.8, 4) is 0 Å². The SMILES string of the molecule is CCC[C@H]1CC[C@H](c2ccc(CCC3CCC([C@H]4CC[C@H](CCC)CC4)CC3)c(F)c2)CC1. The van der Waals surface area contributed by atoms with Gasteiger partial charge in [0, 0.05) is 0 Å². The van der Waals surface area contributed by atoms with E-state index in [9.17, 15) is 4.39 Å². The summed E-state index contributed by atoms with van der Waals surface area (Å²) in [6, 6.07) is 6.28. The van der Waals surface area contributed by atoms with Crippen molar-refractivity contribution in [3.63, 3.8) is 0 Å². The van der Waals surface area contributed by atoms with Crippen LogP contribution in [0.4, 0.5) is 4.39 Å². The van der Waals surface area contributed by atoms with Gasteiger partial charge in [0.05, 0.1) is 0 Å². The molecule has 0 spiro atoms. The monoisotopic (exact) mass is 454 g/mol. The van der Waals surface area contributed by atoms with Gasteiger partial charge in [0.1, 0.15) is 5.82 Å². The summed E-state index contributed by atoms with van der Waals surface area (Å²) in [5.41, 5.74) is 2.23. The van der Waals surface area contributed by atoms with Crippen molar-refractivity contribution >= 4 is 0 Å². The smallest absolute Gasteiger partial charge is 0.126 e. The number of hydrogen-bond acceptors (Lipinski definition) is 0. The molecule has 0 N–H and O–H groups in total. The molecule has 1 heteroatoms. The predicted octanol–water partition coefficient (Wildman–Crippen LogP) is 10.2. The molecule has 1 aromatic carbocycles. The third-order valence-electron chi connectivity index (χ3n) is 10.1. The first-order valence-corrected chi connectivity index (χ1v) is 14.9. The average Bonchev–Trinajstić information content (AvgIpc) is 2.85. The third kappa shape index (κ3) is 7.08. The van der Waals surface area contributed by atoms with Gasteiger partial charge >= 0.3 is 0 Å². The molecule has 3 saturated carbocycles. The molecule has 4 rings (SSSR count). The zero-order chi connectivity index (χ0) is 23.0. The zero-order valence-corrected chi connectivity index (χ0v) is 21.8. The molecule has 0 bridgehead atoms. The van der Waals surface area contributed by atoms with Gasteiger partial charge in [-0.25, -0.2) is 4.39 Å². The molecule has 33 heavy (non-hydrogen) atoms. The highest BCUT2D eigenvalue weighted by Crippen LogP contribution is 2.43. The van der Waals surface area contributed by atoms with Crippen molar-refractivity contribution in [1.29, 1.82) is 0 Å². The maximum Gasteiger partial charge on any atom is 0.126 e. The van der Waals surface area contributed by atoms with Crippen molar-refractivity contribution in [2.45, 2.75) is 135 Å². The Balaban J connectivity index is 1.18. The van der Waals surface area contributed by atoms with Crippen LogP contribution < -0.4 is 0 Å². The Kier molecular flexibility index (Phi) is 9.75. The van der Waals surface area contributed by atoms with Crippen LogP contribution in [0.25, 0.3) is 0 Å². The Morgan fingerprint density at radius 2 is 1.12 bits per heavy atom. The molecule has 3 aliphatic carbocycles. The summed E-state index contributed by atoms with van der Waals surface area (Å²) in [4.78, 5) is 0. The summed E-state index contributed by atoms with van der Waals surface area (Å²) >= 11 is 0. The first kappa shape index (κ1) is 25.2. The topological polar surface area (TPSA) is 0 Å². The Labute approximate surface area is 204 Å². The summed E-state index contributed by atoms with van der Waals surface area (Å²) in [5.74, 6) is 5.44. The number of halogens is 1. The fourth-order valence-corrected chi connectivity index (χ4v) is 7.88. The van der Waals surface area contributed by atoms with Gasteiger partial charge in [-0.1, -0.05) is 77.3 Å². The highest BCUT2D eigenvalue weighted by atomic mass is 19.1. The summed E-state index contributed by atoms with van der Waals surface area (Å²) in [5, 5.41) is 0. The highest BCUT2D eigenvalue weighted by molar-refractivity contribution is 5.27. The maximum atomic E-state index is 14.9.